The molecule has 2 aromatic rings. The lowest BCUT2D eigenvalue weighted by atomic mass is 10.1. The molecule has 2 nitrogen and oxygen atoms in total. The highest BCUT2D eigenvalue weighted by Gasteiger charge is 2.12. The Hall–Kier alpha value is -2.01. The van der Waals surface area contributed by atoms with Crippen molar-refractivity contribution in [2.24, 2.45) is 5.73 Å². The molecule has 0 spiro atoms. The van der Waals surface area contributed by atoms with E-state index in [1.54, 1.807) is 24.1 Å². The lowest BCUT2D eigenvalue weighted by Gasteiger charge is -2.23. The molecule has 0 aromatic heterocycles. The van der Waals surface area contributed by atoms with Crippen LogP contribution in [0.1, 0.15) is 11.6 Å². The van der Waals surface area contributed by atoms with E-state index in [0.29, 0.717) is 17.8 Å². The molecule has 5 heteroatoms. The van der Waals surface area contributed by atoms with Crippen LogP contribution >= 0.6 is 0 Å². The summed E-state index contributed by atoms with van der Waals surface area (Å²) >= 11 is 0. The number of hydrogen-bond donors (Lipinski definition) is 1. The summed E-state index contributed by atoms with van der Waals surface area (Å²) in [6.07, 6.45) is 0. The molecule has 0 aliphatic carbocycles. The predicted octanol–water partition coefficient (Wildman–Crippen LogP) is 3.24. The number of anilines is 1. The number of hydrogen-bond acceptors (Lipinski definition) is 2. The molecule has 0 bridgehead atoms. The number of nitrogens with two attached hydrogens (primary N) is 1. The topological polar surface area (TPSA) is 29.3 Å². The average molecular weight is 280 g/mol. The Kier molecular flexibility index (Phi) is 4.29. The van der Waals surface area contributed by atoms with Gasteiger partial charge < -0.3 is 10.6 Å². The maximum Gasteiger partial charge on any atom is 0.159 e. The Morgan fingerprint density at radius 2 is 1.80 bits per heavy atom. The Balaban J connectivity index is 2.10. The van der Waals surface area contributed by atoms with Gasteiger partial charge in [0.2, 0.25) is 0 Å². The van der Waals surface area contributed by atoms with Crippen molar-refractivity contribution in [3.8, 4) is 0 Å². The van der Waals surface area contributed by atoms with Crippen LogP contribution in [0.25, 0.3) is 0 Å². The lowest BCUT2D eigenvalue weighted by Crippen LogP contribution is -2.29. The van der Waals surface area contributed by atoms with Crippen LogP contribution in [0, 0.1) is 17.5 Å². The zero-order valence-corrected chi connectivity index (χ0v) is 11.0. The molecule has 20 heavy (non-hydrogen) atoms. The maximum absolute atomic E-state index is 13.2. The second-order valence-electron chi connectivity index (χ2n) is 4.64. The van der Waals surface area contributed by atoms with Gasteiger partial charge in [0.15, 0.2) is 11.6 Å². The van der Waals surface area contributed by atoms with Crippen LogP contribution in [0.3, 0.4) is 0 Å². The molecular weight excluding hydrogens is 265 g/mol. The van der Waals surface area contributed by atoms with Crippen molar-refractivity contribution in [2.45, 2.75) is 6.04 Å². The van der Waals surface area contributed by atoms with Crippen LogP contribution in [-0.4, -0.2) is 13.6 Å². The largest absolute Gasteiger partial charge is 0.373 e. The molecule has 0 aliphatic heterocycles. The minimum atomic E-state index is -0.925. The van der Waals surface area contributed by atoms with Crippen molar-refractivity contribution in [3.63, 3.8) is 0 Å². The lowest BCUT2D eigenvalue weighted by molar-refractivity contribution is 0.505. The van der Waals surface area contributed by atoms with Crippen LogP contribution < -0.4 is 10.6 Å². The van der Waals surface area contributed by atoms with E-state index < -0.39 is 17.7 Å². The zero-order chi connectivity index (χ0) is 14.7. The third-order valence-corrected chi connectivity index (χ3v) is 3.09. The molecule has 1 atom stereocenters. The van der Waals surface area contributed by atoms with Gasteiger partial charge in [-0.05, 0) is 35.9 Å². The van der Waals surface area contributed by atoms with E-state index in [9.17, 15) is 13.2 Å². The first-order chi connectivity index (χ1) is 9.47. The number of likely N-dealkylation sites (N-methyl/N-ethyl adjacent to an activating group) is 1. The summed E-state index contributed by atoms with van der Waals surface area (Å²) in [5, 5.41) is 0. The van der Waals surface area contributed by atoms with Crippen molar-refractivity contribution in [3.05, 3.63) is 65.5 Å². The van der Waals surface area contributed by atoms with Gasteiger partial charge in [-0.15, -0.1) is 0 Å². The highest BCUT2D eigenvalue weighted by molar-refractivity contribution is 5.46. The highest BCUT2D eigenvalue weighted by atomic mass is 19.2. The van der Waals surface area contributed by atoms with Crippen LogP contribution in [-0.2, 0) is 0 Å². The van der Waals surface area contributed by atoms with Crippen LogP contribution in [0.15, 0.2) is 42.5 Å². The minimum absolute atomic E-state index is 0.337. The quantitative estimate of drug-likeness (QED) is 0.931. The van der Waals surface area contributed by atoms with Crippen molar-refractivity contribution in [1.29, 1.82) is 0 Å². The van der Waals surface area contributed by atoms with Gasteiger partial charge in [-0.3, -0.25) is 0 Å². The smallest absolute Gasteiger partial charge is 0.159 e. The molecule has 2 rings (SSSR count). The van der Waals surface area contributed by atoms with Crippen molar-refractivity contribution < 1.29 is 13.2 Å². The van der Waals surface area contributed by atoms with Gasteiger partial charge in [0.25, 0.3) is 0 Å². The standard InChI is InChI=1S/C15H15F3N2/c1-20(12-4-2-3-11(16)8-12)9-15(19)10-5-6-13(17)14(18)7-10/h2-8,15H,9,19H2,1H3. The Morgan fingerprint density at radius 1 is 1.05 bits per heavy atom. The summed E-state index contributed by atoms with van der Waals surface area (Å²) in [7, 11) is 1.76. The van der Waals surface area contributed by atoms with Crippen LogP contribution in [0.4, 0.5) is 18.9 Å². The SMILES string of the molecule is CN(CC(N)c1ccc(F)c(F)c1)c1cccc(F)c1. The van der Waals surface area contributed by atoms with E-state index in [1.807, 2.05) is 0 Å². The van der Waals surface area contributed by atoms with E-state index in [0.717, 1.165) is 12.1 Å². The van der Waals surface area contributed by atoms with Crippen molar-refractivity contribution >= 4 is 5.69 Å². The molecule has 0 fully saturated rings. The monoisotopic (exact) mass is 280 g/mol. The first-order valence-corrected chi connectivity index (χ1v) is 6.14. The van der Waals surface area contributed by atoms with Gasteiger partial charge in [-0.25, -0.2) is 13.2 Å². The van der Waals surface area contributed by atoms with E-state index in [2.05, 4.69) is 0 Å². The number of benzene rings is 2. The summed E-state index contributed by atoms with van der Waals surface area (Å²) in [5.74, 6) is -2.17. The van der Waals surface area contributed by atoms with E-state index >= 15 is 0 Å². The summed E-state index contributed by atoms with van der Waals surface area (Å²) in [6, 6.07) is 9.17. The molecule has 106 valence electrons. The molecule has 0 heterocycles. The molecule has 0 saturated carbocycles. The van der Waals surface area contributed by atoms with Crippen LogP contribution in [0.2, 0.25) is 0 Å². The molecule has 1 unspecified atom stereocenters. The third kappa shape index (κ3) is 3.30. The number of nitrogens with zero attached hydrogens (tertiary/aromatic N) is 1. The van der Waals surface area contributed by atoms with E-state index in [-0.39, 0.29) is 5.82 Å². The Bertz CT molecular complexity index is 601. The van der Waals surface area contributed by atoms with Gasteiger partial charge in [0.1, 0.15) is 5.82 Å². The molecule has 0 amide bonds. The van der Waals surface area contributed by atoms with Crippen LogP contribution in [0.5, 0.6) is 0 Å². The highest BCUT2D eigenvalue weighted by Crippen LogP contribution is 2.19. The van der Waals surface area contributed by atoms with Gasteiger partial charge in [-0.2, -0.15) is 0 Å². The van der Waals surface area contributed by atoms with Crippen molar-refractivity contribution in [2.75, 3.05) is 18.5 Å². The zero-order valence-electron chi connectivity index (χ0n) is 11.0. The van der Waals surface area contributed by atoms with Gasteiger partial charge >= 0.3 is 0 Å². The summed E-state index contributed by atoms with van der Waals surface area (Å²) in [5.41, 5.74) is 7.13. The molecular formula is C15H15F3N2. The number of rotatable bonds is 4. The van der Waals surface area contributed by atoms with Gasteiger partial charge in [0.05, 0.1) is 0 Å². The predicted molar refractivity (Wildman–Crippen MR) is 73.0 cm³/mol. The van der Waals surface area contributed by atoms with E-state index in [4.69, 9.17) is 5.73 Å². The first kappa shape index (κ1) is 14.4. The minimum Gasteiger partial charge on any atom is -0.373 e. The van der Waals surface area contributed by atoms with Crippen molar-refractivity contribution in [1.82, 2.24) is 0 Å². The average Bonchev–Trinajstić information content (AvgIpc) is 2.41. The molecule has 2 N–H and O–H groups in total. The molecule has 0 saturated heterocycles. The summed E-state index contributed by atoms with van der Waals surface area (Å²) in [4.78, 5) is 1.76. The Morgan fingerprint density at radius 3 is 2.45 bits per heavy atom. The fourth-order valence-corrected chi connectivity index (χ4v) is 1.96. The second kappa shape index (κ2) is 5.96. The molecule has 0 aliphatic rings. The normalized spacial score (nSPS) is 12.2. The molecule has 2 aromatic carbocycles. The summed E-state index contributed by atoms with van der Waals surface area (Å²) < 4.78 is 39.2. The Labute approximate surface area is 115 Å². The number of halogens is 3. The third-order valence-electron chi connectivity index (χ3n) is 3.09. The first-order valence-electron chi connectivity index (χ1n) is 6.14. The molecule has 0 radical (unpaired) electrons. The summed E-state index contributed by atoms with van der Waals surface area (Å²) in [6.45, 7) is 0.356. The van der Waals surface area contributed by atoms with Gasteiger partial charge in [-0.1, -0.05) is 12.1 Å². The maximum atomic E-state index is 13.2. The van der Waals surface area contributed by atoms with Gasteiger partial charge in [0, 0.05) is 25.3 Å². The van der Waals surface area contributed by atoms with E-state index in [1.165, 1.54) is 18.2 Å². The second-order valence-corrected chi connectivity index (χ2v) is 4.64. The fraction of sp³-hybridized carbons (Fsp3) is 0.200. The fourth-order valence-electron chi connectivity index (χ4n) is 1.96.